The summed E-state index contributed by atoms with van der Waals surface area (Å²) >= 11 is 5.84. The third-order valence-corrected chi connectivity index (χ3v) is 3.99. The van der Waals surface area contributed by atoms with Crippen LogP contribution in [0.3, 0.4) is 0 Å². The van der Waals surface area contributed by atoms with Crippen molar-refractivity contribution in [2.75, 3.05) is 6.61 Å². The Kier molecular flexibility index (Phi) is 5.04. The van der Waals surface area contributed by atoms with E-state index in [1.165, 1.54) is 4.68 Å². The molecule has 0 aliphatic carbocycles. The van der Waals surface area contributed by atoms with E-state index in [-0.39, 0.29) is 5.88 Å². The summed E-state index contributed by atoms with van der Waals surface area (Å²) in [7, 11) is 0. The van der Waals surface area contributed by atoms with E-state index in [4.69, 9.17) is 26.2 Å². The summed E-state index contributed by atoms with van der Waals surface area (Å²) in [6, 6.07) is 8.53. The summed E-state index contributed by atoms with van der Waals surface area (Å²) in [5.74, 6) is 0.147. The van der Waals surface area contributed by atoms with E-state index in [1.807, 2.05) is 0 Å². The predicted molar refractivity (Wildman–Crippen MR) is 83.0 cm³/mol. The lowest BCUT2D eigenvalue weighted by Crippen LogP contribution is -2.60. The Labute approximate surface area is 142 Å². The average Bonchev–Trinajstić information content (AvgIpc) is 3.04. The van der Waals surface area contributed by atoms with Gasteiger partial charge in [0.05, 0.1) is 12.3 Å². The Morgan fingerprint density at radius 2 is 1.79 bits per heavy atom. The van der Waals surface area contributed by atoms with Gasteiger partial charge in [0.2, 0.25) is 12.2 Å². The molecule has 3 rings (SSSR count). The maximum absolute atomic E-state index is 9.95. The molecule has 24 heavy (non-hydrogen) atoms. The number of aromatic nitrogens is 2. The number of hydrogen-bond donors (Lipinski definition) is 4. The molecule has 0 spiro atoms. The molecule has 5 atom stereocenters. The van der Waals surface area contributed by atoms with E-state index >= 15 is 0 Å². The molecule has 1 aromatic carbocycles. The van der Waals surface area contributed by atoms with Crippen LogP contribution in [-0.4, -0.2) is 67.5 Å². The summed E-state index contributed by atoms with van der Waals surface area (Å²) in [5.41, 5.74) is 0.753. The minimum atomic E-state index is -1.50. The lowest BCUT2D eigenvalue weighted by Gasteiger charge is -2.39. The fourth-order valence-corrected chi connectivity index (χ4v) is 2.52. The smallest absolute Gasteiger partial charge is 0.235 e. The molecule has 1 aliphatic rings. The Balaban J connectivity index is 1.73. The van der Waals surface area contributed by atoms with Gasteiger partial charge in [-0.1, -0.05) is 11.6 Å². The molecule has 2 aromatic rings. The Morgan fingerprint density at radius 1 is 1.08 bits per heavy atom. The zero-order valence-corrected chi connectivity index (χ0v) is 13.2. The molecule has 0 saturated carbocycles. The zero-order valence-electron chi connectivity index (χ0n) is 12.4. The summed E-state index contributed by atoms with van der Waals surface area (Å²) in [6.07, 6.45) is -5.08. The molecule has 1 aliphatic heterocycles. The second-order valence-electron chi connectivity index (χ2n) is 5.39. The second kappa shape index (κ2) is 7.06. The fraction of sp³-hybridized carbons (Fsp3) is 0.400. The minimum absolute atomic E-state index is 0.147. The van der Waals surface area contributed by atoms with Gasteiger partial charge in [0.1, 0.15) is 24.4 Å². The van der Waals surface area contributed by atoms with Gasteiger partial charge in [-0.05, 0) is 24.3 Å². The van der Waals surface area contributed by atoms with Crippen molar-refractivity contribution < 1.29 is 29.9 Å². The van der Waals surface area contributed by atoms with Crippen LogP contribution in [0.5, 0.6) is 5.88 Å². The summed E-state index contributed by atoms with van der Waals surface area (Å²) in [5, 5.41) is 43.4. The Hall–Kier alpha value is -1.68. The van der Waals surface area contributed by atoms with Crippen LogP contribution in [0.2, 0.25) is 5.02 Å². The van der Waals surface area contributed by atoms with Crippen molar-refractivity contribution in [3.63, 3.8) is 0 Å². The summed E-state index contributed by atoms with van der Waals surface area (Å²) in [6.45, 7) is -0.524. The third kappa shape index (κ3) is 3.39. The van der Waals surface area contributed by atoms with Crippen LogP contribution in [-0.2, 0) is 4.74 Å². The first-order valence-corrected chi connectivity index (χ1v) is 7.66. The van der Waals surface area contributed by atoms with Gasteiger partial charge in [-0.25, -0.2) is 4.68 Å². The van der Waals surface area contributed by atoms with Crippen LogP contribution in [0.1, 0.15) is 0 Å². The molecule has 2 heterocycles. The van der Waals surface area contributed by atoms with Crippen LogP contribution in [0, 0.1) is 0 Å². The first-order chi connectivity index (χ1) is 11.5. The highest BCUT2D eigenvalue weighted by Gasteiger charge is 2.44. The van der Waals surface area contributed by atoms with Crippen molar-refractivity contribution in [1.82, 2.24) is 9.78 Å². The molecular weight excluding hydrogens is 340 g/mol. The average molecular weight is 357 g/mol. The maximum Gasteiger partial charge on any atom is 0.235 e. The molecule has 1 fully saturated rings. The van der Waals surface area contributed by atoms with Crippen molar-refractivity contribution in [2.45, 2.75) is 30.7 Å². The van der Waals surface area contributed by atoms with Crippen LogP contribution >= 0.6 is 11.6 Å². The van der Waals surface area contributed by atoms with Crippen molar-refractivity contribution in [2.24, 2.45) is 0 Å². The number of aliphatic hydroxyl groups is 4. The van der Waals surface area contributed by atoms with Gasteiger partial charge in [0.15, 0.2) is 0 Å². The molecule has 1 saturated heterocycles. The van der Waals surface area contributed by atoms with E-state index in [2.05, 4.69) is 5.10 Å². The number of benzene rings is 1. The minimum Gasteiger partial charge on any atom is -0.444 e. The summed E-state index contributed by atoms with van der Waals surface area (Å²) < 4.78 is 12.2. The van der Waals surface area contributed by atoms with Gasteiger partial charge in [-0.2, -0.15) is 0 Å². The highest BCUT2D eigenvalue weighted by molar-refractivity contribution is 6.30. The second-order valence-corrected chi connectivity index (χ2v) is 5.83. The zero-order chi connectivity index (χ0) is 17.3. The molecule has 130 valence electrons. The third-order valence-electron chi connectivity index (χ3n) is 3.74. The van der Waals surface area contributed by atoms with E-state index in [1.54, 1.807) is 36.5 Å². The lowest BCUT2D eigenvalue weighted by atomic mass is 9.99. The van der Waals surface area contributed by atoms with Gasteiger partial charge in [0.25, 0.3) is 0 Å². The van der Waals surface area contributed by atoms with Gasteiger partial charge >= 0.3 is 0 Å². The van der Waals surface area contributed by atoms with Crippen molar-refractivity contribution in [3.05, 3.63) is 41.6 Å². The number of aliphatic hydroxyl groups excluding tert-OH is 4. The number of nitrogens with zero attached hydrogens (tertiary/aromatic N) is 2. The maximum atomic E-state index is 9.95. The van der Waals surface area contributed by atoms with Crippen molar-refractivity contribution >= 4 is 11.6 Å². The van der Waals surface area contributed by atoms with E-state index in [0.717, 1.165) is 5.69 Å². The highest BCUT2D eigenvalue weighted by Crippen LogP contribution is 2.24. The molecule has 1 aromatic heterocycles. The largest absolute Gasteiger partial charge is 0.444 e. The first kappa shape index (κ1) is 17.2. The molecule has 9 heteroatoms. The number of rotatable bonds is 4. The van der Waals surface area contributed by atoms with Crippen LogP contribution in [0.15, 0.2) is 36.5 Å². The number of hydrogen-bond acceptors (Lipinski definition) is 7. The Bertz CT molecular complexity index is 677. The molecule has 0 unspecified atom stereocenters. The monoisotopic (exact) mass is 356 g/mol. The van der Waals surface area contributed by atoms with Gasteiger partial charge < -0.3 is 29.9 Å². The standard InChI is InChI=1S/C15H17ClN2O6/c16-8-1-3-9(4-2-8)18-6-5-11(17-18)24-15-14(22)13(21)12(20)10(7-19)23-15/h1-6,10,12-15,19-22H,7H2/t10-,12+,13-,14-,15-/m1/s1. The van der Waals surface area contributed by atoms with Crippen LogP contribution in [0.4, 0.5) is 0 Å². The van der Waals surface area contributed by atoms with Gasteiger partial charge in [0, 0.05) is 17.3 Å². The molecule has 4 N–H and O–H groups in total. The molecule has 8 nitrogen and oxygen atoms in total. The van der Waals surface area contributed by atoms with Gasteiger partial charge in [-0.15, -0.1) is 5.10 Å². The van der Waals surface area contributed by atoms with E-state index in [0.29, 0.717) is 5.02 Å². The SMILES string of the molecule is OC[C@H]1O[C@H](Oc2ccn(-c3ccc(Cl)cc3)n2)[C@H](O)[C@H](O)[C@H]1O. The molecular formula is C15H17ClN2O6. The molecule has 0 radical (unpaired) electrons. The van der Waals surface area contributed by atoms with Crippen LogP contribution in [0.25, 0.3) is 5.69 Å². The summed E-state index contributed by atoms with van der Waals surface area (Å²) in [4.78, 5) is 0. The van der Waals surface area contributed by atoms with E-state index < -0.39 is 37.3 Å². The number of ether oxygens (including phenoxy) is 2. The molecule has 0 amide bonds. The highest BCUT2D eigenvalue weighted by atomic mass is 35.5. The lowest BCUT2D eigenvalue weighted by molar-refractivity contribution is -0.278. The topological polar surface area (TPSA) is 117 Å². The van der Waals surface area contributed by atoms with Gasteiger partial charge in [-0.3, -0.25) is 0 Å². The van der Waals surface area contributed by atoms with E-state index in [9.17, 15) is 15.3 Å². The Morgan fingerprint density at radius 3 is 2.46 bits per heavy atom. The van der Waals surface area contributed by atoms with Crippen LogP contribution < -0.4 is 4.74 Å². The predicted octanol–water partition coefficient (Wildman–Crippen LogP) is -0.296. The quantitative estimate of drug-likeness (QED) is 0.594. The first-order valence-electron chi connectivity index (χ1n) is 7.28. The number of halogens is 1. The molecule has 0 bridgehead atoms. The van der Waals surface area contributed by atoms with Crippen molar-refractivity contribution in [3.8, 4) is 11.6 Å². The normalized spacial score (nSPS) is 30.3. The van der Waals surface area contributed by atoms with Crippen molar-refractivity contribution in [1.29, 1.82) is 0 Å². The fourth-order valence-electron chi connectivity index (χ4n) is 2.39.